The number of aryl methyl sites for hydroxylation is 1. The highest BCUT2D eigenvalue weighted by Crippen LogP contribution is 2.18. The van der Waals surface area contributed by atoms with Crippen LogP contribution in [0.2, 0.25) is 0 Å². The van der Waals surface area contributed by atoms with Gasteiger partial charge in [0.1, 0.15) is 7.11 Å². The Labute approximate surface area is 79.1 Å². The summed E-state index contributed by atoms with van der Waals surface area (Å²) in [6, 6.07) is 0. The van der Waals surface area contributed by atoms with Crippen molar-refractivity contribution in [1.82, 2.24) is 4.73 Å². The first kappa shape index (κ1) is 9.65. The van der Waals surface area contributed by atoms with E-state index in [2.05, 4.69) is 19.6 Å². The highest BCUT2D eigenvalue weighted by molar-refractivity contribution is 5.65. The second-order valence-corrected chi connectivity index (χ2v) is 2.82. The van der Waals surface area contributed by atoms with Crippen molar-refractivity contribution < 1.29 is 4.84 Å². The number of rotatable bonds is 3. The van der Waals surface area contributed by atoms with Gasteiger partial charge in [0, 0.05) is 11.8 Å². The Kier molecular flexibility index (Phi) is 2.96. The van der Waals surface area contributed by atoms with Crippen molar-refractivity contribution in [3.8, 4) is 0 Å². The van der Waals surface area contributed by atoms with Crippen LogP contribution in [0.15, 0.2) is 18.9 Å². The van der Waals surface area contributed by atoms with E-state index in [0.717, 1.165) is 5.69 Å². The van der Waals surface area contributed by atoms with E-state index in [1.165, 1.54) is 11.1 Å². The lowest BCUT2D eigenvalue weighted by Crippen LogP contribution is -2.05. The summed E-state index contributed by atoms with van der Waals surface area (Å²) in [4.78, 5) is 5.16. The molecular weight excluding hydrogens is 162 g/mol. The highest BCUT2D eigenvalue weighted by Gasteiger charge is 2.07. The molecule has 0 fully saturated rings. The summed E-state index contributed by atoms with van der Waals surface area (Å²) in [5.41, 5.74) is 3.35. The number of hydrogen-bond donors (Lipinski definition) is 0. The van der Waals surface area contributed by atoms with Crippen molar-refractivity contribution in [2.24, 2.45) is 0 Å². The van der Waals surface area contributed by atoms with Gasteiger partial charge in [0.2, 0.25) is 0 Å². The molecule has 0 aliphatic carbocycles. The fourth-order valence-electron chi connectivity index (χ4n) is 1.37. The van der Waals surface area contributed by atoms with Gasteiger partial charge in [-0.15, -0.1) is 0 Å². The van der Waals surface area contributed by atoms with Crippen LogP contribution >= 0.6 is 0 Å². The molecule has 70 valence electrons. The molecule has 0 saturated heterocycles. The fraction of sp³-hybridized carbons (Fsp3) is 0.273. The molecule has 1 aromatic heterocycles. The second kappa shape index (κ2) is 3.99. The van der Waals surface area contributed by atoms with Gasteiger partial charge in [-0.3, -0.25) is 0 Å². The number of allylic oxidation sites excluding steroid dienone is 1. The first-order valence-corrected chi connectivity index (χ1v) is 4.26. The first-order valence-electron chi connectivity index (χ1n) is 4.26. The molecule has 1 rings (SSSR count). The van der Waals surface area contributed by atoms with Crippen molar-refractivity contribution >= 4 is 12.2 Å². The molecule has 13 heavy (non-hydrogen) atoms. The quantitative estimate of drug-likeness (QED) is 0.692. The first-order chi connectivity index (χ1) is 6.24. The summed E-state index contributed by atoms with van der Waals surface area (Å²) in [5, 5.41) is 0. The predicted octanol–water partition coefficient (Wildman–Crippen LogP) is 2.53. The van der Waals surface area contributed by atoms with Crippen LogP contribution in [-0.2, 0) is 0 Å². The molecule has 2 heteroatoms. The lowest BCUT2D eigenvalue weighted by molar-refractivity contribution is 0.166. The zero-order chi connectivity index (χ0) is 9.84. The number of nitrogens with zero attached hydrogens (tertiary/aromatic N) is 1. The summed E-state index contributed by atoms with van der Waals surface area (Å²) < 4.78 is 1.72. The lowest BCUT2D eigenvalue weighted by Gasteiger charge is -2.02. The maximum Gasteiger partial charge on any atom is 0.104 e. The Hall–Kier alpha value is -1.44. The zero-order valence-corrected chi connectivity index (χ0v) is 8.37. The minimum Gasteiger partial charge on any atom is -0.417 e. The van der Waals surface area contributed by atoms with Gasteiger partial charge in [0.15, 0.2) is 0 Å². The summed E-state index contributed by atoms with van der Waals surface area (Å²) in [7, 11) is 1.64. The Morgan fingerprint density at radius 1 is 1.54 bits per heavy atom. The van der Waals surface area contributed by atoms with Gasteiger partial charge in [-0.1, -0.05) is 18.7 Å². The molecule has 0 N–H and O–H groups in total. The van der Waals surface area contributed by atoms with Gasteiger partial charge in [-0.05, 0) is 25.5 Å². The van der Waals surface area contributed by atoms with E-state index in [4.69, 9.17) is 4.84 Å². The van der Waals surface area contributed by atoms with Crippen molar-refractivity contribution in [3.63, 3.8) is 0 Å². The third-order valence-electron chi connectivity index (χ3n) is 1.97. The summed E-state index contributed by atoms with van der Waals surface area (Å²) >= 11 is 0. The predicted molar refractivity (Wildman–Crippen MR) is 56.5 cm³/mol. The molecular formula is C11H15NO. The number of aromatic nitrogens is 1. The molecule has 2 nitrogen and oxygen atoms in total. The fourth-order valence-corrected chi connectivity index (χ4v) is 1.37. The van der Waals surface area contributed by atoms with Crippen LogP contribution in [0.5, 0.6) is 0 Å². The van der Waals surface area contributed by atoms with Gasteiger partial charge in [-0.25, -0.2) is 0 Å². The Morgan fingerprint density at radius 2 is 2.23 bits per heavy atom. The molecule has 1 aromatic rings. The molecule has 0 bridgehead atoms. The average molecular weight is 177 g/mol. The van der Waals surface area contributed by atoms with Gasteiger partial charge < -0.3 is 4.84 Å². The van der Waals surface area contributed by atoms with Gasteiger partial charge in [0.05, 0.1) is 5.69 Å². The molecule has 1 heterocycles. The molecule has 0 aliphatic rings. The van der Waals surface area contributed by atoms with E-state index >= 15 is 0 Å². The van der Waals surface area contributed by atoms with Crippen LogP contribution < -0.4 is 4.84 Å². The SMILES string of the molecule is C=Cc1c(/C=C\C)c(C)cn1OC. The van der Waals surface area contributed by atoms with Crippen molar-refractivity contribution in [1.29, 1.82) is 0 Å². The standard InChI is InChI=1S/C11H15NO/c1-5-7-10-9(3)8-12(13-4)11(10)6-2/h5-8H,2H2,1,3-4H3/b7-5-. The van der Waals surface area contributed by atoms with E-state index in [1.807, 2.05) is 19.2 Å². The van der Waals surface area contributed by atoms with E-state index < -0.39 is 0 Å². The smallest absolute Gasteiger partial charge is 0.104 e. The van der Waals surface area contributed by atoms with E-state index in [-0.39, 0.29) is 0 Å². The van der Waals surface area contributed by atoms with Crippen LogP contribution in [0.3, 0.4) is 0 Å². The summed E-state index contributed by atoms with van der Waals surface area (Å²) in [6.07, 6.45) is 7.81. The maximum atomic E-state index is 5.16. The highest BCUT2D eigenvalue weighted by atomic mass is 16.6. The average Bonchev–Trinajstić information content (AvgIpc) is 2.44. The molecule has 0 aromatic carbocycles. The summed E-state index contributed by atoms with van der Waals surface area (Å²) in [5.74, 6) is 0. The third-order valence-corrected chi connectivity index (χ3v) is 1.97. The Balaban J connectivity index is 3.30. The number of hydrogen-bond acceptors (Lipinski definition) is 1. The lowest BCUT2D eigenvalue weighted by atomic mass is 10.1. The molecule has 0 aliphatic heterocycles. The monoisotopic (exact) mass is 177 g/mol. The van der Waals surface area contributed by atoms with Crippen LogP contribution in [-0.4, -0.2) is 11.8 Å². The third kappa shape index (κ3) is 1.66. The van der Waals surface area contributed by atoms with Gasteiger partial charge >= 0.3 is 0 Å². The van der Waals surface area contributed by atoms with E-state index in [1.54, 1.807) is 17.9 Å². The Bertz CT molecular complexity index is 334. The van der Waals surface area contributed by atoms with Crippen molar-refractivity contribution in [2.75, 3.05) is 7.11 Å². The molecule has 0 amide bonds. The van der Waals surface area contributed by atoms with Crippen LogP contribution in [0.4, 0.5) is 0 Å². The van der Waals surface area contributed by atoms with Crippen molar-refractivity contribution in [2.45, 2.75) is 13.8 Å². The van der Waals surface area contributed by atoms with Crippen LogP contribution in [0.25, 0.3) is 12.2 Å². The molecule has 0 radical (unpaired) electrons. The van der Waals surface area contributed by atoms with Crippen LogP contribution in [0, 0.1) is 6.92 Å². The topological polar surface area (TPSA) is 14.2 Å². The Morgan fingerprint density at radius 3 is 2.69 bits per heavy atom. The maximum absolute atomic E-state index is 5.16. The van der Waals surface area contributed by atoms with Gasteiger partial charge in [0.25, 0.3) is 0 Å². The van der Waals surface area contributed by atoms with E-state index in [0.29, 0.717) is 0 Å². The second-order valence-electron chi connectivity index (χ2n) is 2.82. The molecule has 0 saturated carbocycles. The molecule has 0 unspecified atom stereocenters. The van der Waals surface area contributed by atoms with Gasteiger partial charge in [-0.2, -0.15) is 4.73 Å². The minimum atomic E-state index is 0.998. The minimum absolute atomic E-state index is 0.998. The van der Waals surface area contributed by atoms with Crippen molar-refractivity contribution in [3.05, 3.63) is 35.7 Å². The summed E-state index contributed by atoms with van der Waals surface area (Å²) in [6.45, 7) is 7.81. The zero-order valence-electron chi connectivity index (χ0n) is 8.37. The van der Waals surface area contributed by atoms with E-state index in [9.17, 15) is 0 Å². The van der Waals surface area contributed by atoms with Crippen LogP contribution in [0.1, 0.15) is 23.7 Å². The molecule has 0 spiro atoms. The normalized spacial score (nSPS) is 10.7. The largest absolute Gasteiger partial charge is 0.417 e. The molecule has 0 atom stereocenters.